The lowest BCUT2D eigenvalue weighted by Gasteiger charge is -2.55. The fourth-order valence-corrected chi connectivity index (χ4v) is 8.18. The number of pyridine rings is 1. The molecule has 1 heterocycles. The third-order valence-electron chi connectivity index (χ3n) is 9.53. The van der Waals surface area contributed by atoms with Crippen LogP contribution in [0.1, 0.15) is 77.7 Å². The van der Waals surface area contributed by atoms with E-state index in [0.29, 0.717) is 23.3 Å². The summed E-state index contributed by atoms with van der Waals surface area (Å²) in [7, 11) is 0. The van der Waals surface area contributed by atoms with Crippen molar-refractivity contribution in [3.8, 4) is 0 Å². The number of ether oxygens (including phenoxy) is 1. The van der Waals surface area contributed by atoms with Gasteiger partial charge in [-0.25, -0.2) is 9.78 Å². The van der Waals surface area contributed by atoms with E-state index >= 15 is 0 Å². The summed E-state index contributed by atoms with van der Waals surface area (Å²) < 4.78 is 5.84. The Kier molecular flexibility index (Phi) is 5.35. The van der Waals surface area contributed by atoms with E-state index in [4.69, 9.17) is 9.72 Å². The average molecular weight is 492 g/mol. The van der Waals surface area contributed by atoms with E-state index in [-0.39, 0.29) is 23.8 Å². The van der Waals surface area contributed by atoms with Gasteiger partial charge in [0, 0.05) is 10.8 Å². The number of carbonyl (C=O) groups excluding carboxylic acids is 2. The van der Waals surface area contributed by atoms with E-state index in [1.807, 2.05) is 24.3 Å². The Morgan fingerprint density at radius 2 is 1.62 bits per heavy atom. The van der Waals surface area contributed by atoms with E-state index in [0.717, 1.165) is 65.4 Å². The molecule has 0 saturated heterocycles. The average Bonchev–Trinajstić information content (AvgIpc) is 3.28. The van der Waals surface area contributed by atoms with Crippen molar-refractivity contribution in [3.63, 3.8) is 0 Å². The highest BCUT2D eigenvalue weighted by molar-refractivity contribution is 6.07. The molecule has 0 atom stereocenters. The van der Waals surface area contributed by atoms with Crippen molar-refractivity contribution in [3.05, 3.63) is 76.5 Å². The molecule has 0 aliphatic heterocycles. The van der Waals surface area contributed by atoms with Gasteiger partial charge in [-0.3, -0.25) is 4.79 Å². The summed E-state index contributed by atoms with van der Waals surface area (Å²) in [6.45, 7) is 1.98. The van der Waals surface area contributed by atoms with Crippen molar-refractivity contribution < 1.29 is 14.3 Å². The van der Waals surface area contributed by atoms with Crippen LogP contribution >= 0.6 is 0 Å². The molecule has 0 N–H and O–H groups in total. The number of hydrogen-bond acceptors (Lipinski definition) is 4. The van der Waals surface area contributed by atoms with Gasteiger partial charge in [0.05, 0.1) is 16.8 Å². The largest absolute Gasteiger partial charge is 0.454 e. The van der Waals surface area contributed by atoms with Crippen LogP contribution in [0.4, 0.5) is 0 Å². The molecular weight excluding hydrogens is 458 g/mol. The molecule has 2 aromatic carbocycles. The number of ketones is 1. The Bertz CT molecular complexity index is 1410. The molecule has 4 bridgehead atoms. The lowest BCUT2D eigenvalue weighted by molar-refractivity contribution is -0.147. The Balaban J connectivity index is 1.18. The number of allylic oxidation sites excluding steroid dienone is 1. The number of para-hydroxylation sites is 1. The first-order valence-electron chi connectivity index (χ1n) is 13.9. The maximum absolute atomic E-state index is 13.6. The molecule has 3 aromatic rings. The maximum atomic E-state index is 13.6. The molecule has 4 heteroatoms. The number of hydrogen-bond donors (Lipinski definition) is 0. The molecule has 0 unspecified atom stereocenters. The molecule has 8 rings (SSSR count). The summed E-state index contributed by atoms with van der Waals surface area (Å²) in [6.07, 6.45) is 10.6. The normalized spacial score (nSPS) is 28.6. The molecule has 0 amide bonds. The zero-order chi connectivity index (χ0) is 25.1. The number of nitrogens with zero attached hydrogens (tertiary/aromatic N) is 1. The second-order valence-corrected chi connectivity index (χ2v) is 12.1. The third-order valence-corrected chi connectivity index (χ3v) is 9.53. The number of esters is 1. The van der Waals surface area contributed by atoms with Gasteiger partial charge in [0.25, 0.3) is 0 Å². The molecule has 0 spiro atoms. The van der Waals surface area contributed by atoms with Gasteiger partial charge in [-0.1, -0.05) is 48.0 Å². The monoisotopic (exact) mass is 491 g/mol. The molecular formula is C33H33NO3. The number of aryl methyl sites for hydroxylation is 1. The highest BCUT2D eigenvalue weighted by Gasteiger charge is 2.54. The third kappa shape index (κ3) is 3.93. The minimum absolute atomic E-state index is 0.109. The summed E-state index contributed by atoms with van der Waals surface area (Å²) in [5.41, 5.74) is 6.47. The number of benzene rings is 2. The van der Waals surface area contributed by atoms with Crippen molar-refractivity contribution in [1.29, 1.82) is 0 Å². The summed E-state index contributed by atoms with van der Waals surface area (Å²) in [5.74, 6) is 1.84. The molecule has 188 valence electrons. The minimum Gasteiger partial charge on any atom is -0.454 e. The van der Waals surface area contributed by atoms with Crippen LogP contribution < -0.4 is 0 Å². The highest BCUT2D eigenvalue weighted by Crippen LogP contribution is 2.60. The highest BCUT2D eigenvalue weighted by atomic mass is 16.5. The molecule has 4 saturated carbocycles. The van der Waals surface area contributed by atoms with Crippen LogP contribution in [0.2, 0.25) is 0 Å². The number of carbonyl (C=O) groups is 2. The predicted molar refractivity (Wildman–Crippen MR) is 145 cm³/mol. The zero-order valence-corrected chi connectivity index (χ0v) is 21.5. The summed E-state index contributed by atoms with van der Waals surface area (Å²) in [5, 5.41) is 0.810. The van der Waals surface area contributed by atoms with Crippen molar-refractivity contribution >= 4 is 34.3 Å². The SMILES string of the molecule is Cc1ccc(C=C2CCc3c2nc2ccccc2c3C(=O)OCC(=O)C23CC4CC(CC(C4)C2)C3)cc1. The topological polar surface area (TPSA) is 56.3 Å². The second kappa shape index (κ2) is 8.65. The number of aromatic nitrogens is 1. The maximum Gasteiger partial charge on any atom is 0.339 e. The Hall–Kier alpha value is -3.27. The molecule has 4 nitrogen and oxygen atoms in total. The van der Waals surface area contributed by atoms with Crippen molar-refractivity contribution in [2.45, 2.75) is 58.3 Å². The first-order valence-corrected chi connectivity index (χ1v) is 13.9. The van der Waals surface area contributed by atoms with Crippen LogP contribution in [-0.2, 0) is 16.0 Å². The summed E-state index contributed by atoms with van der Waals surface area (Å²) in [6, 6.07) is 16.2. The van der Waals surface area contributed by atoms with E-state index in [1.54, 1.807) is 0 Å². The van der Waals surface area contributed by atoms with Crippen molar-refractivity contribution in [1.82, 2.24) is 4.98 Å². The summed E-state index contributed by atoms with van der Waals surface area (Å²) in [4.78, 5) is 32.1. The molecule has 4 fully saturated rings. The number of fused-ring (bicyclic) bond motifs is 2. The fraction of sp³-hybridized carbons (Fsp3) is 0.424. The van der Waals surface area contributed by atoms with Gasteiger partial charge in [0.1, 0.15) is 0 Å². The Labute approximate surface area is 218 Å². The molecule has 1 aromatic heterocycles. The van der Waals surface area contributed by atoms with Crippen molar-refractivity contribution in [2.75, 3.05) is 6.61 Å². The van der Waals surface area contributed by atoms with Crippen LogP contribution in [0, 0.1) is 30.1 Å². The van der Waals surface area contributed by atoms with Crippen LogP contribution in [0.3, 0.4) is 0 Å². The molecule has 5 aliphatic rings. The predicted octanol–water partition coefficient (Wildman–Crippen LogP) is 6.97. The molecule has 0 radical (unpaired) electrons. The van der Waals surface area contributed by atoms with Gasteiger partial charge in [-0.15, -0.1) is 0 Å². The first-order chi connectivity index (χ1) is 18.0. The van der Waals surface area contributed by atoms with E-state index in [9.17, 15) is 9.59 Å². The van der Waals surface area contributed by atoms with Crippen LogP contribution in [0.25, 0.3) is 22.6 Å². The lowest BCUT2D eigenvalue weighted by Crippen LogP contribution is -2.51. The fourth-order valence-electron chi connectivity index (χ4n) is 8.18. The van der Waals surface area contributed by atoms with Gasteiger partial charge in [-0.05, 0) is 105 Å². The van der Waals surface area contributed by atoms with Crippen LogP contribution in [-0.4, -0.2) is 23.3 Å². The van der Waals surface area contributed by atoms with Gasteiger partial charge in [0.2, 0.25) is 0 Å². The van der Waals surface area contributed by atoms with Gasteiger partial charge in [-0.2, -0.15) is 0 Å². The smallest absolute Gasteiger partial charge is 0.339 e. The number of Topliss-reactive ketones (excluding diaryl/α,β-unsaturated/α-hetero) is 1. The van der Waals surface area contributed by atoms with Gasteiger partial charge >= 0.3 is 5.97 Å². The Morgan fingerprint density at radius 3 is 2.32 bits per heavy atom. The van der Waals surface area contributed by atoms with Gasteiger partial charge < -0.3 is 4.74 Å². The van der Waals surface area contributed by atoms with Crippen molar-refractivity contribution in [2.24, 2.45) is 23.2 Å². The summed E-state index contributed by atoms with van der Waals surface area (Å²) >= 11 is 0. The van der Waals surface area contributed by atoms with E-state index in [1.165, 1.54) is 24.8 Å². The quantitative estimate of drug-likeness (QED) is 0.362. The van der Waals surface area contributed by atoms with Crippen LogP contribution in [0.15, 0.2) is 48.5 Å². The zero-order valence-electron chi connectivity index (χ0n) is 21.5. The second-order valence-electron chi connectivity index (χ2n) is 12.1. The standard InChI is InChI=1S/C33H33NO3/c1-20-6-8-21(9-7-20)15-25-10-11-27-30(26-4-2-3-5-28(26)34-31(25)27)32(36)37-19-29(35)33-16-22-12-23(17-33)14-24(13-22)18-33/h2-9,15,22-24H,10-14,16-19H2,1H3. The van der Waals surface area contributed by atoms with E-state index < -0.39 is 0 Å². The Morgan fingerprint density at radius 1 is 0.946 bits per heavy atom. The molecule has 37 heavy (non-hydrogen) atoms. The van der Waals surface area contributed by atoms with E-state index in [2.05, 4.69) is 37.3 Å². The van der Waals surface area contributed by atoms with Gasteiger partial charge in [0.15, 0.2) is 12.4 Å². The number of rotatable bonds is 5. The first kappa shape index (κ1) is 22.9. The minimum atomic E-state index is -0.385. The molecule has 5 aliphatic carbocycles. The lowest BCUT2D eigenvalue weighted by atomic mass is 9.48. The van der Waals surface area contributed by atoms with Crippen LogP contribution in [0.5, 0.6) is 0 Å².